The van der Waals surface area contributed by atoms with Gasteiger partial charge < -0.3 is 19.5 Å². The minimum atomic E-state index is -3.58. The largest absolute Gasteiger partial charge is 0.493 e. The molecule has 0 aliphatic heterocycles. The van der Waals surface area contributed by atoms with Crippen molar-refractivity contribution in [3.05, 3.63) is 48.0 Å². The summed E-state index contributed by atoms with van der Waals surface area (Å²) in [5, 5.41) is 2.56. The summed E-state index contributed by atoms with van der Waals surface area (Å²) in [5.74, 6) is -0.376. The fourth-order valence-corrected chi connectivity index (χ4v) is 4.36. The molecule has 1 amide bonds. The number of methoxy groups -OCH3 is 1. The molecule has 0 aliphatic rings. The van der Waals surface area contributed by atoms with Crippen LogP contribution in [-0.2, 0) is 19.6 Å². The molecular weight excluding hydrogens is 436 g/mol. The van der Waals surface area contributed by atoms with Crippen LogP contribution in [0, 0.1) is 0 Å². The van der Waals surface area contributed by atoms with Crippen molar-refractivity contribution in [1.29, 1.82) is 0 Å². The van der Waals surface area contributed by atoms with Gasteiger partial charge in [0.2, 0.25) is 10.0 Å². The average Bonchev–Trinajstić information content (AvgIpc) is 2.79. The maximum atomic E-state index is 12.5. The molecule has 0 aromatic heterocycles. The Bertz CT molecular complexity index is 1030. The topological polar surface area (TPSA) is 111 Å². The molecule has 0 fully saturated rings. The minimum absolute atomic E-state index is 0.134. The second-order valence-corrected chi connectivity index (χ2v) is 8.47. The highest BCUT2D eigenvalue weighted by atomic mass is 32.2. The first-order valence-electron chi connectivity index (χ1n) is 10.1. The number of hydrogen-bond donors (Lipinski definition) is 1. The van der Waals surface area contributed by atoms with E-state index in [1.54, 1.807) is 19.9 Å². The van der Waals surface area contributed by atoms with E-state index >= 15 is 0 Å². The Balaban J connectivity index is 1.96. The summed E-state index contributed by atoms with van der Waals surface area (Å²) in [7, 11) is -2.12. The molecule has 9 nitrogen and oxygen atoms in total. The third-order valence-electron chi connectivity index (χ3n) is 4.51. The molecule has 10 heteroatoms. The van der Waals surface area contributed by atoms with Crippen molar-refractivity contribution >= 4 is 27.6 Å². The van der Waals surface area contributed by atoms with E-state index < -0.39 is 28.5 Å². The van der Waals surface area contributed by atoms with Gasteiger partial charge in [-0.25, -0.2) is 13.2 Å². The smallest absolute Gasteiger partial charge is 0.338 e. The van der Waals surface area contributed by atoms with Crippen molar-refractivity contribution in [1.82, 2.24) is 4.31 Å². The Morgan fingerprint density at radius 2 is 1.62 bits per heavy atom. The summed E-state index contributed by atoms with van der Waals surface area (Å²) in [6.45, 7) is 6.03. The zero-order valence-corrected chi connectivity index (χ0v) is 19.4. The molecule has 0 aliphatic carbocycles. The first kappa shape index (κ1) is 25.2. The van der Waals surface area contributed by atoms with E-state index in [2.05, 4.69) is 5.32 Å². The minimum Gasteiger partial charge on any atom is -0.493 e. The van der Waals surface area contributed by atoms with Gasteiger partial charge in [-0.3, -0.25) is 4.79 Å². The third kappa shape index (κ3) is 6.21. The molecule has 32 heavy (non-hydrogen) atoms. The lowest BCUT2D eigenvalue weighted by Gasteiger charge is -2.18. The molecule has 0 atom stereocenters. The number of carbonyl (C=O) groups excluding carboxylic acids is 2. The zero-order chi connectivity index (χ0) is 23.7. The first-order chi connectivity index (χ1) is 15.3. The van der Waals surface area contributed by atoms with Crippen LogP contribution in [0.1, 0.15) is 31.1 Å². The van der Waals surface area contributed by atoms with Crippen molar-refractivity contribution in [2.24, 2.45) is 0 Å². The lowest BCUT2D eigenvalue weighted by Crippen LogP contribution is -2.30. The SMILES string of the molecule is CCOc1ccc(C(=O)OCC(=O)Nc2ccc(S(=O)(=O)N(CC)CC)cc2)cc1OC. The summed E-state index contributed by atoms with van der Waals surface area (Å²) in [5.41, 5.74) is 0.594. The van der Waals surface area contributed by atoms with Gasteiger partial charge in [0.05, 0.1) is 24.2 Å². The molecule has 0 saturated carbocycles. The van der Waals surface area contributed by atoms with Crippen LogP contribution < -0.4 is 14.8 Å². The highest BCUT2D eigenvalue weighted by molar-refractivity contribution is 7.89. The van der Waals surface area contributed by atoms with Crippen molar-refractivity contribution in [3.8, 4) is 11.5 Å². The number of sulfonamides is 1. The van der Waals surface area contributed by atoms with E-state index in [1.807, 2.05) is 6.92 Å². The molecule has 0 spiro atoms. The Morgan fingerprint density at radius 1 is 0.969 bits per heavy atom. The van der Waals surface area contributed by atoms with Crippen LogP contribution in [0.3, 0.4) is 0 Å². The Labute approximate surface area is 188 Å². The van der Waals surface area contributed by atoms with Gasteiger partial charge in [0.25, 0.3) is 5.91 Å². The fraction of sp³-hybridized carbons (Fsp3) is 0.364. The number of anilines is 1. The van der Waals surface area contributed by atoms with Gasteiger partial charge in [0.15, 0.2) is 18.1 Å². The van der Waals surface area contributed by atoms with Crippen molar-refractivity contribution in [2.75, 3.05) is 38.7 Å². The summed E-state index contributed by atoms with van der Waals surface area (Å²) in [6, 6.07) is 10.4. The normalized spacial score (nSPS) is 11.2. The summed E-state index contributed by atoms with van der Waals surface area (Å²) in [4.78, 5) is 24.5. The predicted molar refractivity (Wildman–Crippen MR) is 120 cm³/mol. The second kappa shape index (κ2) is 11.5. The number of carbonyl (C=O) groups is 2. The highest BCUT2D eigenvalue weighted by Crippen LogP contribution is 2.28. The fourth-order valence-electron chi connectivity index (χ4n) is 2.90. The Kier molecular flexibility index (Phi) is 9.03. The Morgan fingerprint density at radius 3 is 2.19 bits per heavy atom. The molecule has 0 radical (unpaired) electrons. The van der Waals surface area contributed by atoms with Crippen LogP contribution in [0.2, 0.25) is 0 Å². The Hall–Kier alpha value is -3.11. The van der Waals surface area contributed by atoms with Crippen LogP contribution in [0.15, 0.2) is 47.4 Å². The number of esters is 1. The molecule has 2 aromatic carbocycles. The number of amides is 1. The molecule has 0 saturated heterocycles. The van der Waals surface area contributed by atoms with E-state index in [9.17, 15) is 18.0 Å². The van der Waals surface area contributed by atoms with Gasteiger partial charge in [-0.1, -0.05) is 13.8 Å². The molecule has 0 bridgehead atoms. The molecule has 0 heterocycles. The van der Waals surface area contributed by atoms with Gasteiger partial charge >= 0.3 is 5.97 Å². The first-order valence-corrected chi connectivity index (χ1v) is 11.6. The predicted octanol–water partition coefficient (Wildman–Crippen LogP) is 2.92. The molecule has 1 N–H and O–H groups in total. The van der Waals surface area contributed by atoms with Crippen LogP contribution in [-0.4, -0.2) is 58.0 Å². The molecule has 2 rings (SSSR count). The van der Waals surface area contributed by atoms with Gasteiger partial charge in [-0.15, -0.1) is 0 Å². The number of nitrogens with one attached hydrogen (secondary N) is 1. The van der Waals surface area contributed by atoms with Crippen molar-refractivity contribution in [3.63, 3.8) is 0 Å². The summed E-state index contributed by atoms with van der Waals surface area (Å²) < 4.78 is 42.0. The van der Waals surface area contributed by atoms with Gasteiger partial charge in [0, 0.05) is 18.8 Å². The molecule has 2 aromatic rings. The molecular formula is C22H28N2O7S. The van der Waals surface area contributed by atoms with Crippen LogP contribution in [0.5, 0.6) is 11.5 Å². The van der Waals surface area contributed by atoms with Gasteiger partial charge in [-0.05, 0) is 49.4 Å². The standard InChI is InChI=1S/C22H28N2O7S/c1-5-24(6-2)32(27,28)18-11-9-17(10-12-18)23-21(25)15-31-22(26)16-8-13-19(30-7-3)20(14-16)29-4/h8-14H,5-7,15H2,1-4H3,(H,23,25). The number of hydrogen-bond acceptors (Lipinski definition) is 7. The highest BCUT2D eigenvalue weighted by Gasteiger charge is 2.21. The third-order valence-corrected chi connectivity index (χ3v) is 6.58. The molecule has 174 valence electrons. The van der Waals surface area contributed by atoms with Crippen LogP contribution >= 0.6 is 0 Å². The summed E-state index contributed by atoms with van der Waals surface area (Å²) >= 11 is 0. The van der Waals surface area contributed by atoms with Gasteiger partial charge in [-0.2, -0.15) is 4.31 Å². The van der Waals surface area contributed by atoms with E-state index in [0.29, 0.717) is 36.9 Å². The van der Waals surface area contributed by atoms with Crippen molar-refractivity contribution in [2.45, 2.75) is 25.7 Å². The maximum absolute atomic E-state index is 12.5. The van der Waals surface area contributed by atoms with E-state index in [1.165, 1.54) is 47.8 Å². The van der Waals surface area contributed by atoms with E-state index in [4.69, 9.17) is 14.2 Å². The van der Waals surface area contributed by atoms with E-state index in [0.717, 1.165) is 0 Å². The number of benzene rings is 2. The number of ether oxygens (including phenoxy) is 3. The quantitative estimate of drug-likeness (QED) is 0.509. The van der Waals surface area contributed by atoms with Crippen LogP contribution in [0.25, 0.3) is 0 Å². The zero-order valence-electron chi connectivity index (χ0n) is 18.6. The lowest BCUT2D eigenvalue weighted by atomic mass is 10.2. The average molecular weight is 465 g/mol. The second-order valence-electron chi connectivity index (χ2n) is 6.54. The summed E-state index contributed by atoms with van der Waals surface area (Å²) in [6.07, 6.45) is 0. The van der Waals surface area contributed by atoms with Crippen LogP contribution in [0.4, 0.5) is 5.69 Å². The maximum Gasteiger partial charge on any atom is 0.338 e. The number of nitrogens with zero attached hydrogens (tertiary/aromatic N) is 1. The number of rotatable bonds is 11. The lowest BCUT2D eigenvalue weighted by molar-refractivity contribution is -0.119. The van der Waals surface area contributed by atoms with Crippen molar-refractivity contribution < 1.29 is 32.2 Å². The van der Waals surface area contributed by atoms with E-state index in [-0.39, 0.29) is 10.5 Å². The van der Waals surface area contributed by atoms with Gasteiger partial charge in [0.1, 0.15) is 0 Å². The monoisotopic (exact) mass is 464 g/mol. The molecule has 0 unspecified atom stereocenters.